The number of nitrogens with one attached hydrogen (secondary N) is 1. The van der Waals surface area contributed by atoms with Gasteiger partial charge in [-0.15, -0.1) is 0 Å². The van der Waals surface area contributed by atoms with Gasteiger partial charge in [0.2, 0.25) is 0 Å². The van der Waals surface area contributed by atoms with Crippen LogP contribution in [0.15, 0.2) is 12.1 Å². The Hall–Kier alpha value is -1.32. The molecule has 0 bridgehead atoms. The van der Waals surface area contributed by atoms with Crippen molar-refractivity contribution in [2.75, 3.05) is 11.1 Å². The summed E-state index contributed by atoms with van der Waals surface area (Å²) in [6.07, 6.45) is 4.33. The Morgan fingerprint density at radius 2 is 1.94 bits per heavy atom. The van der Waals surface area contributed by atoms with Crippen LogP contribution in [0.25, 0.3) is 0 Å². The van der Waals surface area contributed by atoms with E-state index in [1.807, 2.05) is 6.92 Å². The molecule has 1 aromatic carbocycles. The van der Waals surface area contributed by atoms with E-state index < -0.39 is 11.6 Å². The lowest BCUT2D eigenvalue weighted by Gasteiger charge is -2.19. The van der Waals surface area contributed by atoms with E-state index in [0.29, 0.717) is 0 Å². The fourth-order valence-corrected chi connectivity index (χ4v) is 2.02. The highest BCUT2D eigenvalue weighted by Gasteiger charge is 2.25. The Balaban J connectivity index is 2.10. The molecule has 1 saturated carbocycles. The Bertz CT molecular complexity index is 379. The average Bonchev–Trinajstić information content (AvgIpc) is 3.05. The third-order valence-corrected chi connectivity index (χ3v) is 3.22. The second-order valence-electron chi connectivity index (χ2n) is 4.79. The molecule has 1 aliphatic carbocycles. The van der Waals surface area contributed by atoms with E-state index >= 15 is 0 Å². The number of benzene rings is 1. The molecule has 0 radical (unpaired) electrons. The summed E-state index contributed by atoms with van der Waals surface area (Å²) in [6.45, 7) is 2.02. The fourth-order valence-electron chi connectivity index (χ4n) is 2.02. The first kappa shape index (κ1) is 12.1. The number of nitrogen functional groups attached to an aromatic ring is 1. The van der Waals surface area contributed by atoms with Crippen LogP contribution in [0.4, 0.5) is 20.2 Å². The summed E-state index contributed by atoms with van der Waals surface area (Å²) >= 11 is 0. The molecule has 3 N–H and O–H groups in total. The minimum Gasteiger partial charge on any atom is -0.399 e. The Labute approximate surface area is 100 Å². The third-order valence-electron chi connectivity index (χ3n) is 3.22. The number of nitrogens with two attached hydrogens (primary N) is 1. The average molecular weight is 240 g/mol. The van der Waals surface area contributed by atoms with Crippen LogP contribution in [0.2, 0.25) is 0 Å². The topological polar surface area (TPSA) is 38.0 Å². The van der Waals surface area contributed by atoms with E-state index in [0.717, 1.165) is 30.9 Å². The van der Waals surface area contributed by atoms with Crippen LogP contribution in [0.5, 0.6) is 0 Å². The zero-order valence-corrected chi connectivity index (χ0v) is 9.97. The minimum atomic E-state index is -0.614. The molecule has 1 atom stereocenters. The molecule has 1 unspecified atom stereocenters. The summed E-state index contributed by atoms with van der Waals surface area (Å²) in [6, 6.07) is 2.43. The van der Waals surface area contributed by atoms with E-state index in [4.69, 9.17) is 5.73 Å². The molecule has 0 heterocycles. The summed E-state index contributed by atoms with van der Waals surface area (Å²) in [7, 11) is 0. The zero-order valence-electron chi connectivity index (χ0n) is 9.97. The summed E-state index contributed by atoms with van der Waals surface area (Å²) < 4.78 is 27.2. The van der Waals surface area contributed by atoms with Gasteiger partial charge in [-0.2, -0.15) is 0 Å². The number of halogens is 2. The lowest BCUT2D eigenvalue weighted by Crippen LogP contribution is -2.20. The highest BCUT2D eigenvalue weighted by Crippen LogP contribution is 2.35. The Morgan fingerprint density at radius 1 is 1.35 bits per heavy atom. The summed E-state index contributed by atoms with van der Waals surface area (Å²) in [5.74, 6) is -0.499. The second-order valence-corrected chi connectivity index (χ2v) is 4.79. The summed E-state index contributed by atoms with van der Waals surface area (Å²) in [5.41, 5.74) is 5.44. The van der Waals surface area contributed by atoms with Crippen LogP contribution in [-0.4, -0.2) is 6.04 Å². The van der Waals surface area contributed by atoms with Gasteiger partial charge in [0.1, 0.15) is 5.69 Å². The van der Waals surface area contributed by atoms with Gasteiger partial charge in [-0.25, -0.2) is 8.78 Å². The first-order valence-corrected chi connectivity index (χ1v) is 6.11. The number of hydrogen-bond acceptors (Lipinski definition) is 2. The molecule has 0 saturated heterocycles. The van der Waals surface area contributed by atoms with Gasteiger partial charge in [-0.3, -0.25) is 0 Å². The van der Waals surface area contributed by atoms with Crippen molar-refractivity contribution in [3.8, 4) is 0 Å². The molecule has 0 spiro atoms. The smallest absolute Gasteiger partial charge is 0.151 e. The standard InChI is InChI=1S/C13H18F2N2/c1-2-10(5-8-3-4-8)17-13-11(14)6-9(16)7-12(13)15/h6-8,10,17H,2-5,16H2,1H3. The normalized spacial score (nSPS) is 16.9. The lowest BCUT2D eigenvalue weighted by atomic mass is 10.1. The predicted octanol–water partition coefficient (Wildman–Crippen LogP) is 3.54. The molecular weight excluding hydrogens is 222 g/mol. The van der Waals surface area contributed by atoms with E-state index in [9.17, 15) is 8.78 Å². The van der Waals surface area contributed by atoms with Crippen molar-refractivity contribution in [3.05, 3.63) is 23.8 Å². The maximum atomic E-state index is 13.6. The van der Waals surface area contributed by atoms with Gasteiger partial charge in [0.25, 0.3) is 0 Å². The summed E-state index contributed by atoms with van der Waals surface area (Å²) in [5, 5.41) is 2.96. The van der Waals surface area contributed by atoms with E-state index in [1.165, 1.54) is 12.8 Å². The third kappa shape index (κ3) is 3.08. The van der Waals surface area contributed by atoms with Gasteiger partial charge in [0, 0.05) is 11.7 Å². The first-order chi connectivity index (χ1) is 8.10. The predicted molar refractivity (Wildman–Crippen MR) is 65.8 cm³/mol. The van der Waals surface area contributed by atoms with Gasteiger partial charge in [0.15, 0.2) is 11.6 Å². The Kier molecular flexibility index (Phi) is 3.50. The highest BCUT2D eigenvalue weighted by atomic mass is 19.1. The lowest BCUT2D eigenvalue weighted by molar-refractivity contribution is 0.555. The van der Waals surface area contributed by atoms with E-state index in [2.05, 4.69) is 5.32 Å². The van der Waals surface area contributed by atoms with E-state index in [-0.39, 0.29) is 17.4 Å². The van der Waals surface area contributed by atoms with Crippen LogP contribution in [0, 0.1) is 17.6 Å². The summed E-state index contributed by atoms with van der Waals surface area (Å²) in [4.78, 5) is 0. The molecule has 94 valence electrons. The molecule has 2 rings (SSSR count). The first-order valence-electron chi connectivity index (χ1n) is 6.11. The van der Waals surface area contributed by atoms with Crippen LogP contribution in [0.3, 0.4) is 0 Å². The second kappa shape index (κ2) is 4.90. The number of anilines is 2. The van der Waals surface area contributed by atoms with Crippen molar-refractivity contribution in [2.45, 2.75) is 38.6 Å². The number of rotatable bonds is 5. The Morgan fingerprint density at radius 3 is 2.41 bits per heavy atom. The molecule has 1 aromatic rings. The minimum absolute atomic E-state index is 0.0494. The van der Waals surface area contributed by atoms with Gasteiger partial charge >= 0.3 is 0 Å². The number of hydrogen-bond donors (Lipinski definition) is 2. The molecule has 4 heteroatoms. The van der Waals surface area contributed by atoms with Gasteiger partial charge in [0.05, 0.1) is 0 Å². The fraction of sp³-hybridized carbons (Fsp3) is 0.538. The largest absolute Gasteiger partial charge is 0.399 e. The van der Waals surface area contributed by atoms with E-state index in [1.54, 1.807) is 0 Å². The SMILES string of the molecule is CCC(CC1CC1)Nc1c(F)cc(N)cc1F. The van der Waals surface area contributed by atoms with Crippen LogP contribution >= 0.6 is 0 Å². The highest BCUT2D eigenvalue weighted by molar-refractivity contribution is 5.54. The quantitative estimate of drug-likeness (QED) is 0.772. The molecular formula is C13H18F2N2. The van der Waals surface area contributed by atoms with Gasteiger partial charge < -0.3 is 11.1 Å². The van der Waals surface area contributed by atoms with Crippen molar-refractivity contribution < 1.29 is 8.78 Å². The van der Waals surface area contributed by atoms with Gasteiger partial charge in [-0.05, 0) is 30.9 Å². The van der Waals surface area contributed by atoms with Crippen molar-refractivity contribution in [2.24, 2.45) is 5.92 Å². The maximum Gasteiger partial charge on any atom is 0.151 e. The van der Waals surface area contributed by atoms with Crippen LogP contribution in [-0.2, 0) is 0 Å². The molecule has 0 aliphatic heterocycles. The molecule has 1 aliphatic rings. The molecule has 0 aromatic heterocycles. The van der Waals surface area contributed by atoms with Crippen molar-refractivity contribution >= 4 is 11.4 Å². The monoisotopic (exact) mass is 240 g/mol. The molecule has 17 heavy (non-hydrogen) atoms. The molecule has 1 fully saturated rings. The zero-order chi connectivity index (χ0) is 12.4. The van der Waals surface area contributed by atoms with Crippen LogP contribution in [0.1, 0.15) is 32.6 Å². The van der Waals surface area contributed by atoms with Crippen LogP contribution < -0.4 is 11.1 Å². The molecule has 0 amide bonds. The van der Waals surface area contributed by atoms with Crippen molar-refractivity contribution in [1.82, 2.24) is 0 Å². The van der Waals surface area contributed by atoms with Crippen molar-refractivity contribution in [3.63, 3.8) is 0 Å². The van der Waals surface area contributed by atoms with Gasteiger partial charge in [-0.1, -0.05) is 19.8 Å². The van der Waals surface area contributed by atoms with Crippen molar-refractivity contribution in [1.29, 1.82) is 0 Å². The molecule has 2 nitrogen and oxygen atoms in total. The maximum absolute atomic E-state index is 13.6.